The maximum Gasteiger partial charge on any atom is 0.315 e. The van der Waals surface area contributed by atoms with Gasteiger partial charge in [0.1, 0.15) is 5.92 Å². The van der Waals surface area contributed by atoms with Crippen molar-refractivity contribution in [1.29, 1.82) is 0 Å². The Hall–Kier alpha value is -1.89. The number of sulfone groups is 1. The zero-order chi connectivity index (χ0) is 17.1. The smallest absolute Gasteiger partial charge is 0.315 e. The average molecular weight is 327 g/mol. The van der Waals surface area contributed by atoms with Gasteiger partial charge in [-0.2, -0.15) is 0 Å². The van der Waals surface area contributed by atoms with E-state index in [1.165, 1.54) is 13.0 Å². The minimum absolute atomic E-state index is 0.144. The van der Waals surface area contributed by atoms with Crippen molar-refractivity contribution in [2.24, 2.45) is 5.92 Å². The molecule has 122 valence electrons. The summed E-state index contributed by atoms with van der Waals surface area (Å²) in [6.07, 6.45) is 0. The van der Waals surface area contributed by atoms with Gasteiger partial charge in [-0.1, -0.05) is 12.1 Å². The molecule has 22 heavy (non-hydrogen) atoms. The highest BCUT2D eigenvalue weighted by Crippen LogP contribution is 2.22. The summed E-state index contributed by atoms with van der Waals surface area (Å²) in [6.45, 7) is 6.17. The van der Waals surface area contributed by atoms with Crippen LogP contribution in [-0.4, -0.2) is 30.1 Å². The number of carbonyl (C=O) groups is 2. The van der Waals surface area contributed by atoms with Gasteiger partial charge >= 0.3 is 5.97 Å². The number of hydrogen-bond donors (Lipinski definition) is 2. The number of rotatable bonds is 5. The van der Waals surface area contributed by atoms with Crippen molar-refractivity contribution in [2.45, 2.75) is 38.2 Å². The molecule has 1 aromatic carbocycles. The van der Waals surface area contributed by atoms with Crippen LogP contribution in [0.2, 0.25) is 0 Å². The minimum atomic E-state index is -3.33. The van der Waals surface area contributed by atoms with Gasteiger partial charge in [-0.3, -0.25) is 9.59 Å². The summed E-state index contributed by atoms with van der Waals surface area (Å²) in [5.41, 5.74) is 0.912. The lowest BCUT2D eigenvalue weighted by Gasteiger charge is -2.19. The Balaban J connectivity index is 2.92. The number of hydrogen-bond acceptors (Lipinski definition) is 4. The normalized spacial score (nSPS) is 13.5. The van der Waals surface area contributed by atoms with Crippen molar-refractivity contribution in [1.82, 2.24) is 0 Å². The molecule has 6 nitrogen and oxygen atoms in total. The quantitative estimate of drug-likeness (QED) is 0.806. The van der Waals surface area contributed by atoms with Crippen molar-refractivity contribution < 1.29 is 23.1 Å². The highest BCUT2D eigenvalue weighted by atomic mass is 32.2. The molecule has 0 aliphatic heterocycles. The largest absolute Gasteiger partial charge is 0.481 e. The molecule has 0 saturated heterocycles. The number of benzene rings is 1. The molecule has 0 aromatic heterocycles. The van der Waals surface area contributed by atoms with E-state index >= 15 is 0 Å². The number of carboxylic acid groups (broad SMARTS) is 1. The second-order valence-electron chi connectivity index (χ2n) is 6.12. The van der Waals surface area contributed by atoms with Crippen LogP contribution in [0.25, 0.3) is 0 Å². The fourth-order valence-corrected chi connectivity index (χ4v) is 2.59. The third-order valence-electron chi connectivity index (χ3n) is 3.25. The van der Waals surface area contributed by atoms with E-state index in [2.05, 4.69) is 5.32 Å². The lowest BCUT2D eigenvalue weighted by molar-refractivity contribution is -0.144. The molecule has 2 N–H and O–H groups in total. The lowest BCUT2D eigenvalue weighted by Crippen LogP contribution is -2.29. The maximum absolute atomic E-state index is 12.2. The Morgan fingerprint density at radius 1 is 1.27 bits per heavy atom. The molecule has 0 aliphatic carbocycles. The third kappa shape index (κ3) is 4.56. The fourth-order valence-electron chi connectivity index (χ4n) is 1.54. The Morgan fingerprint density at radius 3 is 2.36 bits per heavy atom. The van der Waals surface area contributed by atoms with Gasteiger partial charge in [0, 0.05) is 5.69 Å². The summed E-state index contributed by atoms with van der Waals surface area (Å²) in [7, 11) is -3.33. The van der Waals surface area contributed by atoms with Crippen LogP contribution in [0.4, 0.5) is 5.69 Å². The molecule has 0 fully saturated rings. The van der Waals surface area contributed by atoms with Crippen LogP contribution >= 0.6 is 0 Å². The first kappa shape index (κ1) is 18.2. The average Bonchev–Trinajstić information content (AvgIpc) is 2.36. The Bertz CT molecular complexity index is 673. The first-order valence-electron chi connectivity index (χ1n) is 6.79. The second-order valence-corrected chi connectivity index (χ2v) is 8.86. The van der Waals surface area contributed by atoms with Gasteiger partial charge in [-0.05, 0) is 45.4 Å². The Labute approximate surface area is 130 Å². The van der Waals surface area contributed by atoms with Gasteiger partial charge < -0.3 is 10.4 Å². The summed E-state index contributed by atoms with van der Waals surface area (Å²) >= 11 is 0. The number of carboxylic acids is 1. The topological polar surface area (TPSA) is 101 Å². The Kier molecular flexibility index (Phi) is 5.35. The van der Waals surface area contributed by atoms with E-state index in [1.807, 2.05) is 0 Å². The first-order chi connectivity index (χ1) is 9.94. The van der Waals surface area contributed by atoms with Crippen LogP contribution in [0, 0.1) is 5.92 Å². The third-order valence-corrected chi connectivity index (χ3v) is 5.83. The van der Waals surface area contributed by atoms with Gasteiger partial charge in [0.05, 0.1) is 10.5 Å². The van der Waals surface area contributed by atoms with Crippen LogP contribution in [0.3, 0.4) is 0 Å². The summed E-state index contributed by atoms with van der Waals surface area (Å²) in [5.74, 6) is -3.19. The van der Waals surface area contributed by atoms with Crippen LogP contribution in [-0.2, 0) is 25.2 Å². The van der Waals surface area contributed by atoms with Crippen molar-refractivity contribution >= 4 is 27.4 Å². The molecule has 0 spiro atoms. The molecule has 0 aliphatic rings. The molecule has 7 heteroatoms. The number of amides is 1. The van der Waals surface area contributed by atoms with Crippen molar-refractivity contribution in [3.8, 4) is 0 Å². The standard InChI is InChI=1S/C15H21NO5S/c1-10(14(18)19)13(17)16-12-7-5-6-11(8-12)9-22(20,21)15(2,3)4/h5-8,10H,9H2,1-4H3,(H,16,17)(H,18,19). The van der Waals surface area contributed by atoms with Crippen LogP contribution in [0.5, 0.6) is 0 Å². The van der Waals surface area contributed by atoms with Crippen LogP contribution in [0.15, 0.2) is 24.3 Å². The van der Waals surface area contributed by atoms with Gasteiger partial charge in [0.15, 0.2) is 9.84 Å². The highest BCUT2D eigenvalue weighted by molar-refractivity contribution is 7.91. The molecule has 1 atom stereocenters. The molecule has 0 saturated carbocycles. The van der Waals surface area contributed by atoms with E-state index in [1.54, 1.807) is 39.0 Å². The van der Waals surface area contributed by atoms with E-state index < -0.39 is 32.4 Å². The van der Waals surface area contributed by atoms with Crippen LogP contribution < -0.4 is 5.32 Å². The highest BCUT2D eigenvalue weighted by Gasteiger charge is 2.29. The lowest BCUT2D eigenvalue weighted by atomic mass is 10.1. The number of aliphatic carboxylic acids is 1. The summed E-state index contributed by atoms with van der Waals surface area (Å²) in [6, 6.07) is 6.39. The molecule has 1 unspecified atom stereocenters. The van der Waals surface area contributed by atoms with E-state index in [-0.39, 0.29) is 5.75 Å². The second kappa shape index (κ2) is 6.48. The van der Waals surface area contributed by atoms with E-state index in [4.69, 9.17) is 5.11 Å². The minimum Gasteiger partial charge on any atom is -0.481 e. The predicted molar refractivity (Wildman–Crippen MR) is 84.2 cm³/mol. The molecule has 1 aromatic rings. The van der Waals surface area contributed by atoms with Crippen molar-refractivity contribution in [3.63, 3.8) is 0 Å². The van der Waals surface area contributed by atoms with Gasteiger partial charge in [0.25, 0.3) is 0 Å². The van der Waals surface area contributed by atoms with Crippen molar-refractivity contribution in [2.75, 3.05) is 5.32 Å². The molecular formula is C15H21NO5S. The fraction of sp³-hybridized carbons (Fsp3) is 0.467. The molecule has 0 radical (unpaired) electrons. The molecule has 0 heterocycles. The summed E-state index contributed by atoms with van der Waals surface area (Å²) in [5, 5.41) is 11.3. The van der Waals surface area contributed by atoms with Gasteiger partial charge in [-0.15, -0.1) is 0 Å². The number of nitrogens with one attached hydrogen (secondary N) is 1. The maximum atomic E-state index is 12.2. The molecule has 1 rings (SSSR count). The van der Waals surface area contributed by atoms with E-state index in [0.29, 0.717) is 11.3 Å². The zero-order valence-corrected chi connectivity index (χ0v) is 13.9. The Morgan fingerprint density at radius 2 is 1.86 bits per heavy atom. The molecule has 1 amide bonds. The van der Waals surface area contributed by atoms with Gasteiger partial charge in [0.2, 0.25) is 5.91 Å². The number of carbonyl (C=O) groups excluding carboxylic acids is 1. The predicted octanol–water partition coefficient (Wildman–Crippen LogP) is 2.06. The van der Waals surface area contributed by atoms with Crippen molar-refractivity contribution in [3.05, 3.63) is 29.8 Å². The monoisotopic (exact) mass is 327 g/mol. The zero-order valence-electron chi connectivity index (χ0n) is 13.1. The number of anilines is 1. The SMILES string of the molecule is CC(C(=O)O)C(=O)Nc1cccc(CS(=O)(=O)C(C)(C)C)c1. The van der Waals surface area contributed by atoms with Crippen LogP contribution in [0.1, 0.15) is 33.3 Å². The van der Waals surface area contributed by atoms with E-state index in [0.717, 1.165) is 0 Å². The summed E-state index contributed by atoms with van der Waals surface area (Å²) < 4.78 is 23.5. The first-order valence-corrected chi connectivity index (χ1v) is 8.44. The summed E-state index contributed by atoms with van der Waals surface area (Å²) in [4.78, 5) is 22.5. The van der Waals surface area contributed by atoms with Gasteiger partial charge in [-0.25, -0.2) is 8.42 Å². The molecular weight excluding hydrogens is 306 g/mol. The van der Waals surface area contributed by atoms with E-state index in [9.17, 15) is 18.0 Å². The molecule has 0 bridgehead atoms.